The van der Waals surface area contributed by atoms with Gasteiger partial charge in [-0.15, -0.1) is 0 Å². The van der Waals surface area contributed by atoms with Gasteiger partial charge in [0.1, 0.15) is 13.2 Å². The van der Waals surface area contributed by atoms with Gasteiger partial charge in [-0.2, -0.15) is 4.31 Å². The van der Waals surface area contributed by atoms with Crippen LogP contribution in [-0.2, 0) is 14.8 Å². The topological polar surface area (TPSA) is 79.4 Å². The van der Waals surface area contributed by atoms with Gasteiger partial charge in [-0.05, 0) is 43.7 Å². The predicted molar refractivity (Wildman–Crippen MR) is 119 cm³/mol. The number of likely N-dealkylation sites (tertiary alicyclic amines) is 1. The number of hydrogen-bond acceptors (Lipinski definition) is 6. The summed E-state index contributed by atoms with van der Waals surface area (Å²) in [7, 11) is -3.61. The first-order chi connectivity index (χ1) is 15.5. The predicted octanol–water partition coefficient (Wildman–Crippen LogP) is 1.95. The Morgan fingerprint density at radius 2 is 1.62 bits per heavy atom. The van der Waals surface area contributed by atoms with Crippen LogP contribution < -0.4 is 9.47 Å². The Labute approximate surface area is 190 Å². The van der Waals surface area contributed by atoms with Crippen LogP contribution in [0.1, 0.15) is 38.5 Å². The molecule has 4 aliphatic rings. The second kappa shape index (κ2) is 9.19. The average Bonchev–Trinajstić information content (AvgIpc) is 2.83. The number of piperazine rings is 1. The van der Waals surface area contributed by atoms with Crippen LogP contribution >= 0.6 is 0 Å². The number of fused-ring (bicyclic) bond motifs is 2. The van der Waals surface area contributed by atoms with E-state index in [0.29, 0.717) is 69.4 Å². The summed E-state index contributed by atoms with van der Waals surface area (Å²) in [5.41, 5.74) is 0. The molecule has 2 saturated heterocycles. The van der Waals surface area contributed by atoms with Gasteiger partial charge in [0.05, 0.1) is 11.4 Å². The van der Waals surface area contributed by atoms with Crippen LogP contribution in [0, 0.1) is 5.92 Å². The fraction of sp³-hybridized carbons (Fsp3) is 0.696. The molecule has 0 radical (unpaired) electrons. The van der Waals surface area contributed by atoms with Gasteiger partial charge in [0.2, 0.25) is 15.9 Å². The lowest BCUT2D eigenvalue weighted by atomic mass is 9.78. The third-order valence-corrected chi connectivity index (χ3v) is 9.30. The van der Waals surface area contributed by atoms with Crippen molar-refractivity contribution in [1.82, 2.24) is 14.1 Å². The van der Waals surface area contributed by atoms with Crippen molar-refractivity contribution in [2.24, 2.45) is 5.92 Å². The molecule has 1 saturated carbocycles. The van der Waals surface area contributed by atoms with Gasteiger partial charge in [0, 0.05) is 44.8 Å². The van der Waals surface area contributed by atoms with Crippen molar-refractivity contribution in [3.05, 3.63) is 18.2 Å². The first-order valence-corrected chi connectivity index (χ1v) is 13.4. The van der Waals surface area contributed by atoms with Gasteiger partial charge in [-0.3, -0.25) is 9.69 Å². The van der Waals surface area contributed by atoms with Gasteiger partial charge in [-0.1, -0.05) is 12.8 Å². The van der Waals surface area contributed by atoms with E-state index >= 15 is 0 Å². The Kier molecular flexibility index (Phi) is 6.31. The maximum absolute atomic E-state index is 13.1. The van der Waals surface area contributed by atoms with Crippen LogP contribution in [0.25, 0.3) is 0 Å². The van der Waals surface area contributed by atoms with Gasteiger partial charge >= 0.3 is 0 Å². The maximum atomic E-state index is 13.1. The molecule has 3 heterocycles. The standard InChI is InChI=1S/C23H33N3O5S/c27-23(26-9-3-5-18-4-1-2-6-20(18)26)17-24-10-12-25(13-11-24)32(28,29)19-7-8-21-22(16-19)31-15-14-30-21/h7-8,16,18,20H,1-6,9-15,17H2. The number of benzene rings is 1. The third-order valence-electron chi connectivity index (χ3n) is 7.41. The first-order valence-electron chi connectivity index (χ1n) is 11.9. The van der Waals surface area contributed by atoms with E-state index in [9.17, 15) is 13.2 Å². The number of carbonyl (C=O) groups excluding carboxylic acids is 1. The Morgan fingerprint density at radius 1 is 0.906 bits per heavy atom. The summed E-state index contributed by atoms with van der Waals surface area (Å²) in [6.07, 6.45) is 7.27. The van der Waals surface area contributed by atoms with Crippen molar-refractivity contribution in [2.75, 3.05) is 52.5 Å². The fourth-order valence-corrected chi connectivity index (χ4v) is 7.12. The van der Waals surface area contributed by atoms with Crippen molar-refractivity contribution in [1.29, 1.82) is 0 Å². The normalized spacial score (nSPS) is 27.1. The highest BCUT2D eigenvalue weighted by Gasteiger charge is 2.37. The van der Waals surface area contributed by atoms with Gasteiger partial charge in [0.15, 0.2) is 11.5 Å². The molecule has 5 rings (SSSR count). The number of piperidine rings is 1. The molecule has 2 unspecified atom stereocenters. The van der Waals surface area contributed by atoms with E-state index in [2.05, 4.69) is 9.80 Å². The van der Waals surface area contributed by atoms with E-state index in [4.69, 9.17) is 9.47 Å². The molecule has 0 spiro atoms. The lowest BCUT2D eigenvalue weighted by molar-refractivity contribution is -0.139. The summed E-state index contributed by atoms with van der Waals surface area (Å²) in [4.78, 5) is 17.5. The van der Waals surface area contributed by atoms with Gasteiger partial charge in [-0.25, -0.2) is 8.42 Å². The zero-order valence-electron chi connectivity index (χ0n) is 18.6. The van der Waals surface area contributed by atoms with E-state index in [-0.39, 0.29) is 10.8 Å². The van der Waals surface area contributed by atoms with Gasteiger partial charge < -0.3 is 14.4 Å². The molecular formula is C23H33N3O5S. The molecule has 0 aromatic heterocycles. The van der Waals surface area contributed by atoms with E-state index in [1.54, 1.807) is 18.2 Å². The number of amides is 1. The third kappa shape index (κ3) is 4.34. The second-order valence-corrected chi connectivity index (χ2v) is 11.3. The SMILES string of the molecule is O=C(CN1CCN(S(=O)(=O)c2ccc3c(c2)OCCO3)CC1)N1CCCC2CCCCC21. The van der Waals surface area contributed by atoms with Crippen LogP contribution in [0.15, 0.2) is 23.1 Å². The highest BCUT2D eigenvalue weighted by Crippen LogP contribution is 2.36. The zero-order chi connectivity index (χ0) is 22.1. The summed E-state index contributed by atoms with van der Waals surface area (Å²) >= 11 is 0. The Balaban J connectivity index is 1.18. The fourth-order valence-electron chi connectivity index (χ4n) is 5.68. The molecule has 0 bridgehead atoms. The van der Waals surface area contributed by atoms with E-state index in [0.717, 1.165) is 19.4 Å². The van der Waals surface area contributed by atoms with E-state index in [1.807, 2.05) is 0 Å². The number of ether oxygens (including phenoxy) is 2. The molecular weight excluding hydrogens is 430 g/mol. The molecule has 1 amide bonds. The Morgan fingerprint density at radius 3 is 2.44 bits per heavy atom. The molecule has 1 aromatic carbocycles. The molecule has 9 heteroatoms. The summed E-state index contributed by atoms with van der Waals surface area (Å²) in [5.74, 6) is 1.94. The van der Waals surface area contributed by atoms with Crippen molar-refractivity contribution < 1.29 is 22.7 Å². The molecule has 176 valence electrons. The molecule has 32 heavy (non-hydrogen) atoms. The lowest BCUT2D eigenvalue weighted by Gasteiger charge is -2.45. The number of hydrogen-bond donors (Lipinski definition) is 0. The average molecular weight is 464 g/mol. The van der Waals surface area contributed by atoms with Crippen LogP contribution in [0.4, 0.5) is 0 Å². The Hall–Kier alpha value is -1.84. The molecule has 2 atom stereocenters. The summed E-state index contributed by atoms with van der Waals surface area (Å²) < 4.78 is 38.8. The molecule has 0 N–H and O–H groups in total. The number of nitrogens with zero attached hydrogens (tertiary/aromatic N) is 3. The maximum Gasteiger partial charge on any atom is 0.243 e. The van der Waals surface area contributed by atoms with Crippen LogP contribution in [0.5, 0.6) is 11.5 Å². The quantitative estimate of drug-likeness (QED) is 0.679. The van der Waals surface area contributed by atoms with E-state index < -0.39 is 10.0 Å². The van der Waals surface area contributed by atoms with Crippen LogP contribution in [0.3, 0.4) is 0 Å². The number of sulfonamides is 1. The smallest absolute Gasteiger partial charge is 0.243 e. The van der Waals surface area contributed by atoms with Gasteiger partial charge in [0.25, 0.3) is 0 Å². The highest BCUT2D eigenvalue weighted by molar-refractivity contribution is 7.89. The summed E-state index contributed by atoms with van der Waals surface area (Å²) in [6, 6.07) is 5.21. The van der Waals surface area contributed by atoms with Crippen molar-refractivity contribution in [3.8, 4) is 11.5 Å². The largest absolute Gasteiger partial charge is 0.486 e. The minimum atomic E-state index is -3.61. The summed E-state index contributed by atoms with van der Waals surface area (Å²) in [6.45, 7) is 4.06. The molecule has 3 aliphatic heterocycles. The van der Waals surface area contributed by atoms with Crippen molar-refractivity contribution in [2.45, 2.75) is 49.5 Å². The van der Waals surface area contributed by atoms with Crippen LogP contribution in [0.2, 0.25) is 0 Å². The number of rotatable bonds is 4. The molecule has 1 aliphatic carbocycles. The minimum Gasteiger partial charge on any atom is -0.486 e. The van der Waals surface area contributed by atoms with Crippen molar-refractivity contribution in [3.63, 3.8) is 0 Å². The minimum absolute atomic E-state index is 0.213. The Bertz CT molecular complexity index is 943. The first kappa shape index (κ1) is 22.0. The number of carbonyl (C=O) groups is 1. The summed E-state index contributed by atoms with van der Waals surface area (Å²) in [5, 5.41) is 0. The van der Waals surface area contributed by atoms with Crippen molar-refractivity contribution >= 4 is 15.9 Å². The molecule has 1 aromatic rings. The van der Waals surface area contributed by atoms with E-state index in [1.165, 1.54) is 30.0 Å². The highest BCUT2D eigenvalue weighted by atomic mass is 32.2. The molecule has 8 nitrogen and oxygen atoms in total. The molecule has 3 fully saturated rings. The lowest BCUT2D eigenvalue weighted by Crippen LogP contribution is -2.55. The van der Waals surface area contributed by atoms with Crippen LogP contribution in [-0.4, -0.2) is 87.0 Å². The second-order valence-electron chi connectivity index (χ2n) is 9.33. The zero-order valence-corrected chi connectivity index (χ0v) is 19.4. The monoisotopic (exact) mass is 463 g/mol.